The first-order valence-electron chi connectivity index (χ1n) is 8.99. The smallest absolute Gasteiger partial charge is 0.178 e. The average Bonchev–Trinajstić information content (AvgIpc) is 3.06. The van der Waals surface area contributed by atoms with Crippen molar-refractivity contribution in [3.63, 3.8) is 0 Å². The van der Waals surface area contributed by atoms with Gasteiger partial charge in [-0.05, 0) is 44.9 Å². The van der Waals surface area contributed by atoms with Crippen molar-refractivity contribution in [3.05, 3.63) is 18.0 Å². The Hall–Kier alpha value is -1.69. The molecule has 0 atom stereocenters. The van der Waals surface area contributed by atoms with Gasteiger partial charge in [0.2, 0.25) is 0 Å². The van der Waals surface area contributed by atoms with Gasteiger partial charge >= 0.3 is 0 Å². The molecule has 2 saturated carbocycles. The Labute approximate surface area is 136 Å². The van der Waals surface area contributed by atoms with Crippen LogP contribution in [0.5, 0.6) is 0 Å². The highest BCUT2D eigenvalue weighted by Gasteiger charge is 2.35. The van der Waals surface area contributed by atoms with Crippen molar-refractivity contribution in [1.29, 1.82) is 0 Å². The minimum atomic E-state index is 0.574. The van der Waals surface area contributed by atoms with Crippen LogP contribution in [-0.4, -0.2) is 56.9 Å². The average molecular weight is 312 g/mol. The summed E-state index contributed by atoms with van der Waals surface area (Å²) in [7, 11) is 2.31. The summed E-state index contributed by atoms with van der Waals surface area (Å²) in [6.07, 6.45) is 8.02. The highest BCUT2D eigenvalue weighted by Crippen LogP contribution is 2.39. The van der Waals surface area contributed by atoms with Crippen LogP contribution in [-0.2, 0) is 0 Å². The van der Waals surface area contributed by atoms with Crippen molar-refractivity contribution in [1.82, 2.24) is 24.7 Å². The van der Waals surface area contributed by atoms with Crippen LogP contribution in [0.25, 0.3) is 5.65 Å². The minimum Gasteiger partial charge on any atom is -0.352 e. The third-order valence-corrected chi connectivity index (χ3v) is 5.88. The van der Waals surface area contributed by atoms with E-state index in [0.29, 0.717) is 12.0 Å². The molecule has 6 heteroatoms. The van der Waals surface area contributed by atoms with E-state index in [1.165, 1.54) is 38.5 Å². The monoisotopic (exact) mass is 312 g/mol. The summed E-state index contributed by atoms with van der Waals surface area (Å²) in [5.74, 6) is 2.68. The number of aromatic nitrogens is 4. The van der Waals surface area contributed by atoms with Crippen LogP contribution < -0.4 is 4.90 Å². The Morgan fingerprint density at radius 1 is 1.00 bits per heavy atom. The van der Waals surface area contributed by atoms with Crippen molar-refractivity contribution in [2.75, 3.05) is 25.0 Å². The highest BCUT2D eigenvalue weighted by molar-refractivity contribution is 5.48. The predicted octanol–water partition coefficient (Wildman–Crippen LogP) is 2.06. The van der Waals surface area contributed by atoms with Crippen LogP contribution in [0.4, 0.5) is 5.82 Å². The third kappa shape index (κ3) is 2.31. The van der Waals surface area contributed by atoms with Crippen LogP contribution in [0.15, 0.2) is 12.1 Å². The topological polar surface area (TPSA) is 49.6 Å². The van der Waals surface area contributed by atoms with Gasteiger partial charge in [-0.1, -0.05) is 12.8 Å². The largest absolute Gasteiger partial charge is 0.352 e. The van der Waals surface area contributed by atoms with Crippen LogP contribution in [0, 0.1) is 0 Å². The molecule has 1 aliphatic heterocycles. The molecule has 122 valence electrons. The van der Waals surface area contributed by atoms with Crippen molar-refractivity contribution in [2.24, 2.45) is 0 Å². The normalized spacial score (nSPS) is 23.1. The maximum Gasteiger partial charge on any atom is 0.178 e. The van der Waals surface area contributed by atoms with Gasteiger partial charge in [0.25, 0.3) is 0 Å². The van der Waals surface area contributed by atoms with Crippen molar-refractivity contribution >= 4 is 11.5 Å². The summed E-state index contributed by atoms with van der Waals surface area (Å²) >= 11 is 0. The van der Waals surface area contributed by atoms with E-state index in [1.807, 2.05) is 4.52 Å². The lowest BCUT2D eigenvalue weighted by Gasteiger charge is -2.46. The fraction of sp³-hybridized carbons (Fsp3) is 0.706. The molecular formula is C17H24N6. The molecule has 5 rings (SSSR count). The Morgan fingerprint density at radius 3 is 2.52 bits per heavy atom. The summed E-state index contributed by atoms with van der Waals surface area (Å²) < 4.78 is 1.96. The molecule has 3 aliphatic rings. The van der Waals surface area contributed by atoms with E-state index < -0.39 is 0 Å². The maximum atomic E-state index is 4.81. The lowest BCUT2D eigenvalue weighted by molar-refractivity contribution is 0.147. The number of nitrogens with zero attached hydrogens (tertiary/aromatic N) is 6. The van der Waals surface area contributed by atoms with E-state index in [2.05, 4.69) is 39.2 Å². The summed E-state index contributed by atoms with van der Waals surface area (Å²) in [5.41, 5.74) is 0.871. The molecule has 0 aromatic carbocycles. The lowest BCUT2D eigenvalue weighted by Crippen LogP contribution is -2.60. The van der Waals surface area contributed by atoms with Crippen molar-refractivity contribution in [2.45, 2.75) is 56.5 Å². The summed E-state index contributed by atoms with van der Waals surface area (Å²) in [5, 5.41) is 13.4. The first-order chi connectivity index (χ1) is 11.3. The zero-order chi connectivity index (χ0) is 15.4. The fourth-order valence-corrected chi connectivity index (χ4v) is 4.07. The first-order valence-corrected chi connectivity index (χ1v) is 8.99. The second kappa shape index (κ2) is 5.16. The van der Waals surface area contributed by atoms with Gasteiger partial charge in [-0.2, -0.15) is 4.52 Å². The molecule has 0 amide bonds. The molecule has 6 nitrogen and oxygen atoms in total. The van der Waals surface area contributed by atoms with Crippen LogP contribution >= 0.6 is 0 Å². The van der Waals surface area contributed by atoms with E-state index in [0.717, 1.165) is 36.4 Å². The van der Waals surface area contributed by atoms with Gasteiger partial charge in [0, 0.05) is 31.1 Å². The highest BCUT2D eigenvalue weighted by atomic mass is 15.4. The molecule has 0 bridgehead atoms. The summed E-state index contributed by atoms with van der Waals surface area (Å²) in [6, 6.07) is 5.62. The van der Waals surface area contributed by atoms with E-state index in [4.69, 9.17) is 5.10 Å². The predicted molar refractivity (Wildman–Crippen MR) is 88.8 cm³/mol. The van der Waals surface area contributed by atoms with E-state index in [9.17, 15) is 0 Å². The number of fused-ring (bicyclic) bond motifs is 1. The Balaban J connectivity index is 1.31. The molecular weight excluding hydrogens is 288 g/mol. The number of hydrogen-bond donors (Lipinski definition) is 0. The number of likely N-dealkylation sites (N-methyl/N-ethyl adjacent to an activating group) is 1. The van der Waals surface area contributed by atoms with Gasteiger partial charge in [-0.3, -0.25) is 4.90 Å². The van der Waals surface area contributed by atoms with Crippen LogP contribution in [0.2, 0.25) is 0 Å². The second-order valence-corrected chi connectivity index (χ2v) is 7.46. The lowest BCUT2D eigenvalue weighted by atomic mass is 10.0. The maximum absolute atomic E-state index is 4.81. The summed E-state index contributed by atoms with van der Waals surface area (Å²) in [6.45, 7) is 2.18. The number of anilines is 1. The second-order valence-electron chi connectivity index (χ2n) is 7.46. The summed E-state index contributed by atoms with van der Waals surface area (Å²) in [4.78, 5) is 4.99. The molecule has 23 heavy (non-hydrogen) atoms. The molecule has 3 fully saturated rings. The fourth-order valence-electron chi connectivity index (χ4n) is 4.07. The first kappa shape index (κ1) is 13.7. The zero-order valence-electron chi connectivity index (χ0n) is 13.7. The zero-order valence-corrected chi connectivity index (χ0v) is 13.7. The Kier molecular flexibility index (Phi) is 3.08. The van der Waals surface area contributed by atoms with Crippen LogP contribution in [0.3, 0.4) is 0 Å². The molecule has 2 aliphatic carbocycles. The van der Waals surface area contributed by atoms with Gasteiger partial charge < -0.3 is 4.90 Å². The minimum absolute atomic E-state index is 0.574. The number of hydrogen-bond acceptors (Lipinski definition) is 5. The van der Waals surface area contributed by atoms with Gasteiger partial charge in [0.15, 0.2) is 11.5 Å². The van der Waals surface area contributed by atoms with E-state index in [-0.39, 0.29) is 0 Å². The van der Waals surface area contributed by atoms with Crippen LogP contribution in [0.1, 0.15) is 50.3 Å². The third-order valence-electron chi connectivity index (χ3n) is 5.88. The molecule has 2 aromatic rings. The standard InChI is InChI=1S/C17H24N6/c1-21(13-4-2-3-5-13)14-10-22(11-14)16-9-8-15-18-19-17(12-6-7-12)23(15)20-16/h8-9,12-14H,2-7,10-11H2,1H3. The van der Waals surface area contributed by atoms with Crippen molar-refractivity contribution < 1.29 is 0 Å². The van der Waals surface area contributed by atoms with Gasteiger partial charge in [-0.25, -0.2) is 0 Å². The van der Waals surface area contributed by atoms with Gasteiger partial charge in [0.1, 0.15) is 5.82 Å². The Bertz CT molecular complexity index is 709. The molecule has 0 N–H and O–H groups in total. The van der Waals surface area contributed by atoms with Gasteiger partial charge in [0.05, 0.1) is 0 Å². The van der Waals surface area contributed by atoms with E-state index >= 15 is 0 Å². The molecule has 1 saturated heterocycles. The Morgan fingerprint density at radius 2 is 1.78 bits per heavy atom. The SMILES string of the molecule is CN(C1CCCC1)C1CN(c2ccc3nnc(C4CC4)n3n2)C1. The van der Waals surface area contributed by atoms with E-state index in [1.54, 1.807) is 0 Å². The van der Waals surface area contributed by atoms with Crippen molar-refractivity contribution in [3.8, 4) is 0 Å². The van der Waals surface area contributed by atoms with Gasteiger partial charge in [-0.15, -0.1) is 15.3 Å². The molecule has 2 aromatic heterocycles. The molecule has 0 radical (unpaired) electrons. The molecule has 0 unspecified atom stereocenters. The number of rotatable bonds is 4. The quantitative estimate of drug-likeness (QED) is 0.865. The molecule has 3 heterocycles. The molecule has 0 spiro atoms.